The summed E-state index contributed by atoms with van der Waals surface area (Å²) in [7, 11) is 3.10. The van der Waals surface area contributed by atoms with Crippen molar-refractivity contribution in [2.75, 3.05) is 14.2 Å². The van der Waals surface area contributed by atoms with Gasteiger partial charge in [0, 0.05) is 12.3 Å². The summed E-state index contributed by atoms with van der Waals surface area (Å²) in [5, 5.41) is 19.8. The zero-order valence-corrected chi connectivity index (χ0v) is 15.3. The molecule has 0 amide bonds. The van der Waals surface area contributed by atoms with Crippen LogP contribution in [0.25, 0.3) is 0 Å². The van der Waals surface area contributed by atoms with Crippen molar-refractivity contribution >= 4 is 23.2 Å². The van der Waals surface area contributed by atoms with Gasteiger partial charge >= 0.3 is 0 Å². The molecule has 4 nitrogen and oxygen atoms in total. The molecule has 2 aromatic carbocycles. The van der Waals surface area contributed by atoms with Crippen LogP contribution in [0.15, 0.2) is 36.4 Å². The number of nitriles is 2. The highest BCUT2D eigenvalue weighted by Crippen LogP contribution is 2.40. The number of methoxy groups -OCH3 is 2. The molecule has 0 aliphatic heterocycles. The fraction of sp³-hybridized carbons (Fsp3) is 0.263. The lowest BCUT2D eigenvalue weighted by Crippen LogP contribution is -2.10. The summed E-state index contributed by atoms with van der Waals surface area (Å²) >= 11 is 12.0. The average molecular weight is 375 g/mol. The maximum Gasteiger partial charge on any atom is 0.160 e. The van der Waals surface area contributed by atoms with Gasteiger partial charge in [-0.05, 0) is 35.4 Å². The van der Waals surface area contributed by atoms with Crippen molar-refractivity contribution in [1.29, 1.82) is 10.5 Å². The first-order chi connectivity index (χ1) is 12.0. The van der Waals surface area contributed by atoms with Crippen LogP contribution in [-0.2, 0) is 0 Å². The molecule has 0 saturated heterocycles. The molecule has 0 aliphatic rings. The predicted molar refractivity (Wildman–Crippen MR) is 97.3 cm³/mol. The van der Waals surface area contributed by atoms with E-state index in [0.29, 0.717) is 27.1 Å². The van der Waals surface area contributed by atoms with E-state index < -0.39 is 5.92 Å². The minimum atomic E-state index is -0.549. The van der Waals surface area contributed by atoms with Gasteiger partial charge in [-0.15, -0.1) is 0 Å². The van der Waals surface area contributed by atoms with Gasteiger partial charge in [-0.2, -0.15) is 10.5 Å². The first-order valence-corrected chi connectivity index (χ1v) is 8.24. The lowest BCUT2D eigenvalue weighted by molar-refractivity contribution is 0.354. The second-order valence-electron chi connectivity index (χ2n) is 5.36. The summed E-state index contributed by atoms with van der Waals surface area (Å²) in [5.41, 5.74) is 1.53. The normalized spacial score (nSPS) is 12.6. The van der Waals surface area contributed by atoms with Crippen LogP contribution in [0.5, 0.6) is 11.5 Å². The average Bonchev–Trinajstić information content (AvgIpc) is 2.63. The number of ether oxygens (including phenoxy) is 2. The molecular weight excluding hydrogens is 359 g/mol. The minimum absolute atomic E-state index is 0.175. The van der Waals surface area contributed by atoms with Crippen molar-refractivity contribution in [2.24, 2.45) is 0 Å². The summed E-state index contributed by atoms with van der Waals surface area (Å²) in [6, 6.07) is 14.9. The third-order valence-electron chi connectivity index (χ3n) is 3.99. The third kappa shape index (κ3) is 4.17. The van der Waals surface area contributed by atoms with Crippen molar-refractivity contribution in [3.05, 3.63) is 57.6 Å². The Balaban J connectivity index is 2.50. The van der Waals surface area contributed by atoms with E-state index in [-0.39, 0.29) is 12.3 Å². The fourth-order valence-electron chi connectivity index (χ4n) is 2.71. The molecule has 25 heavy (non-hydrogen) atoms. The Morgan fingerprint density at radius 2 is 1.60 bits per heavy atom. The number of hydrogen-bond acceptors (Lipinski definition) is 4. The van der Waals surface area contributed by atoms with Gasteiger partial charge in [0.1, 0.15) is 0 Å². The van der Waals surface area contributed by atoms with E-state index in [9.17, 15) is 10.5 Å². The maximum absolute atomic E-state index is 9.73. The number of halogens is 2. The lowest BCUT2D eigenvalue weighted by Gasteiger charge is -2.22. The Bertz CT molecular complexity index is 840. The molecule has 0 N–H and O–H groups in total. The van der Waals surface area contributed by atoms with Gasteiger partial charge in [-0.1, -0.05) is 35.3 Å². The van der Waals surface area contributed by atoms with E-state index >= 15 is 0 Å². The van der Waals surface area contributed by atoms with Gasteiger partial charge in [0.25, 0.3) is 0 Å². The van der Waals surface area contributed by atoms with E-state index in [0.717, 1.165) is 5.56 Å². The van der Waals surface area contributed by atoms with E-state index in [1.54, 1.807) is 44.6 Å². The second kappa shape index (κ2) is 8.62. The second-order valence-corrected chi connectivity index (χ2v) is 6.18. The van der Waals surface area contributed by atoms with Crippen LogP contribution >= 0.6 is 23.2 Å². The van der Waals surface area contributed by atoms with Crippen LogP contribution in [-0.4, -0.2) is 14.2 Å². The molecule has 0 radical (unpaired) electrons. The fourth-order valence-corrected chi connectivity index (χ4v) is 3.02. The summed E-state index contributed by atoms with van der Waals surface area (Å²) < 4.78 is 10.6. The SMILES string of the molecule is COc1ccc([C@H](CC#N)[C@@H](C#N)c2ccc(Cl)c(Cl)c2)cc1OC. The van der Waals surface area contributed by atoms with E-state index in [4.69, 9.17) is 32.7 Å². The quantitative estimate of drug-likeness (QED) is 0.686. The highest BCUT2D eigenvalue weighted by molar-refractivity contribution is 6.42. The van der Waals surface area contributed by atoms with Gasteiger partial charge < -0.3 is 9.47 Å². The molecule has 0 fully saturated rings. The highest BCUT2D eigenvalue weighted by Gasteiger charge is 2.26. The van der Waals surface area contributed by atoms with Crippen molar-refractivity contribution in [1.82, 2.24) is 0 Å². The number of rotatable bonds is 6. The standard InChI is InChI=1S/C19H16Cl2N2O2/c1-24-18-6-4-13(10-19(18)25-2)14(7-8-22)15(11-23)12-3-5-16(20)17(21)9-12/h3-6,9-10,14-15H,7H2,1-2H3/t14-,15-/m0/s1. The molecule has 0 saturated carbocycles. The third-order valence-corrected chi connectivity index (χ3v) is 4.73. The van der Waals surface area contributed by atoms with Gasteiger partial charge in [0.15, 0.2) is 11.5 Å². The van der Waals surface area contributed by atoms with Crippen LogP contribution in [0.3, 0.4) is 0 Å². The summed E-state index contributed by atoms with van der Waals surface area (Å²) in [5.74, 6) is 0.248. The summed E-state index contributed by atoms with van der Waals surface area (Å²) in [6.45, 7) is 0. The first-order valence-electron chi connectivity index (χ1n) is 7.49. The van der Waals surface area contributed by atoms with E-state index in [2.05, 4.69) is 12.1 Å². The first kappa shape index (κ1) is 18.9. The van der Waals surface area contributed by atoms with Crippen LogP contribution in [0.1, 0.15) is 29.4 Å². The molecular formula is C19H16Cl2N2O2. The van der Waals surface area contributed by atoms with E-state index in [1.807, 2.05) is 6.07 Å². The Hall–Kier alpha value is -2.40. The lowest BCUT2D eigenvalue weighted by atomic mass is 9.80. The van der Waals surface area contributed by atoms with Crippen LogP contribution in [0.4, 0.5) is 0 Å². The van der Waals surface area contributed by atoms with Gasteiger partial charge in [-0.3, -0.25) is 0 Å². The molecule has 6 heteroatoms. The van der Waals surface area contributed by atoms with Crippen LogP contribution in [0, 0.1) is 22.7 Å². The Morgan fingerprint density at radius 3 is 2.16 bits per heavy atom. The van der Waals surface area contributed by atoms with Crippen LogP contribution in [0.2, 0.25) is 10.0 Å². The topological polar surface area (TPSA) is 66.0 Å². The predicted octanol–water partition coefficient (Wildman–Crippen LogP) is 5.32. The van der Waals surface area contributed by atoms with E-state index in [1.165, 1.54) is 0 Å². The molecule has 0 spiro atoms. The minimum Gasteiger partial charge on any atom is -0.493 e. The number of hydrogen-bond donors (Lipinski definition) is 0. The number of benzene rings is 2. The molecule has 2 aromatic rings. The molecule has 0 heterocycles. The molecule has 0 aromatic heterocycles. The van der Waals surface area contributed by atoms with Crippen molar-refractivity contribution in [2.45, 2.75) is 18.3 Å². The summed E-state index contributed by atoms with van der Waals surface area (Å²) in [6.07, 6.45) is 0.175. The smallest absolute Gasteiger partial charge is 0.160 e. The van der Waals surface area contributed by atoms with Gasteiger partial charge in [0.05, 0.1) is 42.3 Å². The van der Waals surface area contributed by atoms with Crippen molar-refractivity contribution in [3.63, 3.8) is 0 Å². The van der Waals surface area contributed by atoms with Crippen LogP contribution < -0.4 is 9.47 Å². The monoisotopic (exact) mass is 374 g/mol. The van der Waals surface area contributed by atoms with Crippen molar-refractivity contribution < 1.29 is 9.47 Å². The molecule has 0 bridgehead atoms. The summed E-state index contributed by atoms with van der Waals surface area (Å²) in [4.78, 5) is 0. The zero-order valence-electron chi connectivity index (χ0n) is 13.8. The van der Waals surface area contributed by atoms with Gasteiger partial charge in [-0.25, -0.2) is 0 Å². The molecule has 2 atom stereocenters. The molecule has 0 unspecified atom stereocenters. The zero-order chi connectivity index (χ0) is 18.4. The Labute approximate surface area is 157 Å². The highest BCUT2D eigenvalue weighted by atomic mass is 35.5. The maximum atomic E-state index is 9.73. The largest absolute Gasteiger partial charge is 0.493 e. The Kier molecular flexibility index (Phi) is 6.53. The number of nitrogens with zero attached hydrogens (tertiary/aromatic N) is 2. The van der Waals surface area contributed by atoms with Gasteiger partial charge in [0.2, 0.25) is 0 Å². The van der Waals surface area contributed by atoms with Crippen molar-refractivity contribution in [3.8, 4) is 23.6 Å². The Morgan fingerprint density at radius 1 is 0.920 bits per heavy atom. The molecule has 0 aliphatic carbocycles. The molecule has 128 valence electrons. The molecule has 2 rings (SSSR count).